The molecule has 1 amide bonds. The zero-order valence-corrected chi connectivity index (χ0v) is 19.8. The molecule has 0 unspecified atom stereocenters. The number of hydrogen-bond donors (Lipinski definition) is 1. The van der Waals surface area contributed by atoms with Crippen LogP contribution in [0.2, 0.25) is 0 Å². The van der Waals surface area contributed by atoms with E-state index in [-0.39, 0.29) is 11.9 Å². The largest absolute Gasteiger partial charge is 0.478 e. The van der Waals surface area contributed by atoms with Gasteiger partial charge >= 0.3 is 5.97 Å². The van der Waals surface area contributed by atoms with Crippen molar-refractivity contribution in [2.45, 2.75) is 25.8 Å². The second-order valence-electron chi connectivity index (χ2n) is 7.98. The Kier molecular flexibility index (Phi) is 5.77. The number of rotatable bonds is 6. The molecule has 1 N–H and O–H groups in total. The molecule has 0 bridgehead atoms. The minimum absolute atomic E-state index is 0.000167. The number of carbonyl (C=O) groups excluding carboxylic acids is 1. The summed E-state index contributed by atoms with van der Waals surface area (Å²) in [5, 5.41) is 10.2. The third kappa shape index (κ3) is 3.96. The molecule has 5 rings (SSSR count). The maximum atomic E-state index is 13.2. The van der Waals surface area contributed by atoms with Crippen LogP contribution in [0, 0.1) is 6.92 Å². The first kappa shape index (κ1) is 21.8. The van der Waals surface area contributed by atoms with E-state index in [0.29, 0.717) is 39.4 Å². The van der Waals surface area contributed by atoms with Crippen LogP contribution in [-0.4, -0.2) is 53.2 Å². The van der Waals surface area contributed by atoms with Crippen molar-refractivity contribution >= 4 is 54.9 Å². The lowest BCUT2D eigenvalue weighted by Gasteiger charge is -2.23. The predicted molar refractivity (Wildman–Crippen MR) is 129 cm³/mol. The predicted octanol–water partition coefficient (Wildman–Crippen LogP) is 5.56. The van der Waals surface area contributed by atoms with Gasteiger partial charge in [0.2, 0.25) is 0 Å². The lowest BCUT2D eigenvalue weighted by molar-refractivity contribution is 0.0634. The summed E-state index contributed by atoms with van der Waals surface area (Å²) >= 11 is 2.81. The molecule has 1 aliphatic heterocycles. The molecule has 7 nitrogen and oxygen atoms in total. The molecular formula is C24H22N2O5S2. The summed E-state index contributed by atoms with van der Waals surface area (Å²) in [6, 6.07) is 9.11. The number of thiophene rings is 2. The van der Waals surface area contributed by atoms with Crippen LogP contribution in [0.25, 0.3) is 20.3 Å². The molecule has 0 spiro atoms. The number of carbonyl (C=O) groups is 2. The maximum absolute atomic E-state index is 13.2. The average molecular weight is 483 g/mol. The average Bonchev–Trinajstić information content (AvgIpc) is 3.49. The smallest absolute Gasteiger partial charge is 0.337 e. The molecule has 1 aromatic carbocycles. The van der Waals surface area contributed by atoms with Gasteiger partial charge in [0, 0.05) is 40.9 Å². The first-order valence-corrected chi connectivity index (χ1v) is 12.2. The van der Waals surface area contributed by atoms with Crippen LogP contribution in [0.5, 0.6) is 11.5 Å². The summed E-state index contributed by atoms with van der Waals surface area (Å²) < 4.78 is 13.1. The molecule has 0 saturated carbocycles. The molecule has 170 valence electrons. The minimum atomic E-state index is -0.926. The van der Waals surface area contributed by atoms with Gasteiger partial charge in [-0.25, -0.2) is 4.79 Å². The Morgan fingerprint density at radius 1 is 1.24 bits per heavy atom. The number of aromatic nitrogens is 1. The number of aromatic carboxylic acids is 1. The lowest BCUT2D eigenvalue weighted by Crippen LogP contribution is -2.37. The number of likely N-dealkylation sites (tertiary alicyclic amines) is 1. The Balaban J connectivity index is 1.45. The normalized spacial score (nSPS) is 16.1. The number of benzene rings is 1. The highest BCUT2D eigenvalue weighted by molar-refractivity contribution is 7.21. The van der Waals surface area contributed by atoms with Crippen LogP contribution in [-0.2, 0) is 4.74 Å². The van der Waals surface area contributed by atoms with Gasteiger partial charge in [0.15, 0.2) is 0 Å². The van der Waals surface area contributed by atoms with E-state index in [0.717, 1.165) is 33.7 Å². The van der Waals surface area contributed by atoms with Crippen LogP contribution in [0.3, 0.4) is 0 Å². The Morgan fingerprint density at radius 3 is 2.88 bits per heavy atom. The van der Waals surface area contributed by atoms with Gasteiger partial charge in [0.1, 0.15) is 11.5 Å². The molecule has 1 saturated heterocycles. The minimum Gasteiger partial charge on any atom is -0.478 e. The fraction of sp³-hybridized carbons (Fsp3) is 0.292. The third-order valence-corrected chi connectivity index (χ3v) is 8.06. The highest BCUT2D eigenvalue weighted by Gasteiger charge is 2.30. The number of nitrogens with zero attached hydrogens (tertiary/aromatic N) is 2. The first-order valence-electron chi connectivity index (χ1n) is 10.6. The van der Waals surface area contributed by atoms with Crippen LogP contribution < -0.4 is 4.74 Å². The van der Waals surface area contributed by atoms with E-state index < -0.39 is 5.97 Å². The van der Waals surface area contributed by atoms with Crippen LogP contribution in [0.1, 0.15) is 37.7 Å². The topological polar surface area (TPSA) is 89.0 Å². The van der Waals surface area contributed by atoms with Crippen molar-refractivity contribution in [1.82, 2.24) is 9.88 Å². The van der Waals surface area contributed by atoms with Crippen molar-refractivity contribution in [2.24, 2.45) is 0 Å². The van der Waals surface area contributed by atoms with E-state index in [2.05, 4.69) is 4.98 Å². The lowest BCUT2D eigenvalue weighted by atomic mass is 10.1. The molecule has 33 heavy (non-hydrogen) atoms. The zero-order chi connectivity index (χ0) is 23.1. The van der Waals surface area contributed by atoms with E-state index in [4.69, 9.17) is 9.47 Å². The summed E-state index contributed by atoms with van der Waals surface area (Å²) in [4.78, 5) is 32.4. The first-order chi connectivity index (χ1) is 16.0. The van der Waals surface area contributed by atoms with Gasteiger partial charge in [-0.05, 0) is 44.0 Å². The van der Waals surface area contributed by atoms with E-state index >= 15 is 0 Å². The van der Waals surface area contributed by atoms with E-state index in [1.807, 2.05) is 24.0 Å². The number of aryl methyl sites for hydroxylation is 1. The van der Waals surface area contributed by atoms with Crippen molar-refractivity contribution in [3.05, 3.63) is 51.8 Å². The van der Waals surface area contributed by atoms with E-state index in [1.165, 1.54) is 22.7 Å². The summed E-state index contributed by atoms with van der Waals surface area (Å²) in [7, 11) is 1.66. The molecule has 0 aliphatic carbocycles. The third-order valence-electron chi connectivity index (χ3n) is 5.86. The van der Waals surface area contributed by atoms with Crippen LogP contribution in [0.4, 0.5) is 0 Å². The van der Waals surface area contributed by atoms with Gasteiger partial charge in [-0.1, -0.05) is 0 Å². The fourth-order valence-corrected chi connectivity index (χ4v) is 6.47. The van der Waals surface area contributed by atoms with Crippen LogP contribution >= 0.6 is 22.7 Å². The molecule has 3 aromatic heterocycles. The maximum Gasteiger partial charge on any atom is 0.337 e. The second-order valence-corrected chi connectivity index (χ2v) is 10.3. The van der Waals surface area contributed by atoms with Gasteiger partial charge in [0.05, 0.1) is 33.3 Å². The van der Waals surface area contributed by atoms with E-state index in [1.54, 1.807) is 31.5 Å². The quantitative estimate of drug-likeness (QED) is 0.387. The molecule has 1 atom stereocenters. The van der Waals surface area contributed by atoms with Gasteiger partial charge < -0.3 is 19.5 Å². The molecule has 4 aromatic rings. The van der Waals surface area contributed by atoms with Gasteiger partial charge in [-0.15, -0.1) is 22.7 Å². The number of hydrogen-bond acceptors (Lipinski definition) is 7. The van der Waals surface area contributed by atoms with Crippen LogP contribution in [0.15, 0.2) is 36.5 Å². The number of amides is 1. The molecule has 1 aliphatic rings. The summed E-state index contributed by atoms with van der Waals surface area (Å²) in [6.45, 7) is 3.08. The SMILES string of the molecule is COC[C@@H]1CCCN1C(=O)c1cc2nccc(Oc3ccc4c(C(=O)O)c(C)sc4c3)c2s1. The van der Waals surface area contributed by atoms with Crippen molar-refractivity contribution in [3.63, 3.8) is 0 Å². The summed E-state index contributed by atoms with van der Waals surface area (Å²) in [5.74, 6) is 0.295. The van der Waals surface area contributed by atoms with Gasteiger partial charge in [0.25, 0.3) is 5.91 Å². The molecule has 0 radical (unpaired) electrons. The molecule has 1 fully saturated rings. The number of fused-ring (bicyclic) bond motifs is 2. The Bertz CT molecular complexity index is 1380. The highest BCUT2D eigenvalue weighted by Crippen LogP contribution is 2.38. The standard InChI is InChI=1S/C24H22N2O5S2/c1-13-21(24(28)29)16-6-5-15(10-19(16)32-13)31-18-7-8-25-17-11-20(33-22(17)18)23(27)26-9-3-4-14(26)12-30-2/h5-8,10-11,14H,3-4,9,12H2,1-2H3,(H,28,29)/t14-/m0/s1. The van der Waals surface area contributed by atoms with Crippen molar-refractivity contribution in [3.8, 4) is 11.5 Å². The van der Waals surface area contributed by atoms with Crippen molar-refractivity contribution in [1.29, 1.82) is 0 Å². The fourth-order valence-electron chi connectivity index (χ4n) is 4.37. The number of carboxylic acid groups (broad SMARTS) is 1. The zero-order valence-electron chi connectivity index (χ0n) is 18.2. The molecule has 9 heteroatoms. The highest BCUT2D eigenvalue weighted by atomic mass is 32.1. The summed E-state index contributed by atoms with van der Waals surface area (Å²) in [5.41, 5.74) is 1.05. The van der Waals surface area contributed by atoms with Gasteiger partial charge in [-0.2, -0.15) is 0 Å². The van der Waals surface area contributed by atoms with Crippen molar-refractivity contribution < 1.29 is 24.2 Å². The molecule has 4 heterocycles. The Morgan fingerprint density at radius 2 is 2.09 bits per heavy atom. The Labute approximate surface area is 198 Å². The monoisotopic (exact) mass is 482 g/mol. The van der Waals surface area contributed by atoms with Crippen molar-refractivity contribution in [2.75, 3.05) is 20.3 Å². The molecular weight excluding hydrogens is 460 g/mol. The number of carboxylic acids is 1. The number of pyridine rings is 1. The van der Waals surface area contributed by atoms with Gasteiger partial charge in [-0.3, -0.25) is 9.78 Å². The number of ether oxygens (including phenoxy) is 2. The number of methoxy groups -OCH3 is 1. The Hall–Kier alpha value is -3.01. The van der Waals surface area contributed by atoms with E-state index in [9.17, 15) is 14.7 Å². The second kappa shape index (κ2) is 8.74. The summed E-state index contributed by atoms with van der Waals surface area (Å²) in [6.07, 6.45) is 3.59.